The standard InChI is InChI=1S/C12H19NO2S/c1-9-5-6-12(10(2)7-9)13-11(3)8-16(4,14)15/h5-7,11,13H,8H2,1-4H3. The van der Waals surface area contributed by atoms with E-state index in [-0.39, 0.29) is 11.8 Å². The Balaban J connectivity index is 2.73. The molecule has 0 spiro atoms. The first-order valence-electron chi connectivity index (χ1n) is 5.29. The lowest BCUT2D eigenvalue weighted by molar-refractivity contribution is 0.598. The average molecular weight is 241 g/mol. The van der Waals surface area contributed by atoms with Crippen molar-refractivity contribution in [3.05, 3.63) is 29.3 Å². The average Bonchev–Trinajstić information content (AvgIpc) is 2.06. The second kappa shape index (κ2) is 4.87. The van der Waals surface area contributed by atoms with Gasteiger partial charge in [0.1, 0.15) is 9.84 Å². The number of hydrogen-bond acceptors (Lipinski definition) is 3. The quantitative estimate of drug-likeness (QED) is 0.878. The Morgan fingerprint density at radius 2 is 1.94 bits per heavy atom. The molecule has 0 saturated carbocycles. The van der Waals surface area contributed by atoms with Gasteiger partial charge in [-0.15, -0.1) is 0 Å². The molecule has 3 nitrogen and oxygen atoms in total. The molecule has 1 aromatic rings. The maximum Gasteiger partial charge on any atom is 0.149 e. The van der Waals surface area contributed by atoms with E-state index in [0.29, 0.717) is 0 Å². The van der Waals surface area contributed by atoms with Crippen molar-refractivity contribution in [1.82, 2.24) is 0 Å². The maximum absolute atomic E-state index is 11.1. The number of rotatable bonds is 4. The number of benzene rings is 1. The zero-order chi connectivity index (χ0) is 12.3. The van der Waals surface area contributed by atoms with Crippen LogP contribution >= 0.6 is 0 Å². The molecule has 90 valence electrons. The number of anilines is 1. The summed E-state index contributed by atoms with van der Waals surface area (Å²) in [6.07, 6.45) is 1.26. The summed E-state index contributed by atoms with van der Waals surface area (Å²) in [6.45, 7) is 5.93. The number of aryl methyl sites for hydroxylation is 2. The lowest BCUT2D eigenvalue weighted by atomic mass is 10.1. The van der Waals surface area contributed by atoms with Gasteiger partial charge in [0.25, 0.3) is 0 Å². The molecule has 0 aliphatic rings. The van der Waals surface area contributed by atoms with Gasteiger partial charge in [-0.25, -0.2) is 8.42 Å². The lowest BCUT2D eigenvalue weighted by Crippen LogP contribution is -2.25. The van der Waals surface area contributed by atoms with E-state index in [1.807, 2.05) is 32.9 Å². The molecule has 1 unspecified atom stereocenters. The van der Waals surface area contributed by atoms with Crippen molar-refractivity contribution in [2.75, 3.05) is 17.3 Å². The third-order valence-corrected chi connectivity index (χ3v) is 3.44. The van der Waals surface area contributed by atoms with E-state index in [2.05, 4.69) is 11.4 Å². The van der Waals surface area contributed by atoms with Gasteiger partial charge in [-0.2, -0.15) is 0 Å². The van der Waals surface area contributed by atoms with E-state index in [0.717, 1.165) is 11.3 Å². The molecule has 4 heteroatoms. The van der Waals surface area contributed by atoms with Crippen molar-refractivity contribution >= 4 is 15.5 Å². The van der Waals surface area contributed by atoms with E-state index < -0.39 is 9.84 Å². The fourth-order valence-electron chi connectivity index (χ4n) is 1.74. The van der Waals surface area contributed by atoms with Crippen LogP contribution in [0.4, 0.5) is 5.69 Å². The molecule has 0 saturated heterocycles. The van der Waals surface area contributed by atoms with Crippen LogP contribution in [0.3, 0.4) is 0 Å². The fourth-order valence-corrected chi connectivity index (χ4v) is 2.73. The molecule has 1 atom stereocenters. The summed E-state index contributed by atoms with van der Waals surface area (Å²) >= 11 is 0. The molecule has 0 radical (unpaired) electrons. The van der Waals surface area contributed by atoms with Gasteiger partial charge in [-0.3, -0.25) is 0 Å². The van der Waals surface area contributed by atoms with Crippen molar-refractivity contribution in [1.29, 1.82) is 0 Å². The third kappa shape index (κ3) is 4.23. The largest absolute Gasteiger partial charge is 0.381 e. The molecule has 1 N–H and O–H groups in total. The van der Waals surface area contributed by atoms with Gasteiger partial charge in [0.05, 0.1) is 5.75 Å². The van der Waals surface area contributed by atoms with E-state index in [4.69, 9.17) is 0 Å². The molecule has 1 aromatic carbocycles. The molecule has 0 bridgehead atoms. The van der Waals surface area contributed by atoms with Crippen molar-refractivity contribution in [3.8, 4) is 0 Å². The van der Waals surface area contributed by atoms with E-state index >= 15 is 0 Å². The second-order valence-corrected chi connectivity index (χ2v) is 6.64. The zero-order valence-electron chi connectivity index (χ0n) is 10.2. The molecular formula is C12H19NO2S. The van der Waals surface area contributed by atoms with Crippen LogP contribution in [-0.2, 0) is 9.84 Å². The van der Waals surface area contributed by atoms with Crippen LogP contribution in [0.15, 0.2) is 18.2 Å². The Kier molecular flexibility index (Phi) is 3.97. The summed E-state index contributed by atoms with van der Waals surface area (Å²) in [4.78, 5) is 0. The van der Waals surface area contributed by atoms with Gasteiger partial charge in [0.15, 0.2) is 0 Å². The molecule has 0 heterocycles. The van der Waals surface area contributed by atoms with Crippen LogP contribution in [0, 0.1) is 13.8 Å². The highest BCUT2D eigenvalue weighted by Gasteiger charge is 2.10. The molecule has 0 aromatic heterocycles. The van der Waals surface area contributed by atoms with Crippen molar-refractivity contribution in [3.63, 3.8) is 0 Å². The zero-order valence-corrected chi connectivity index (χ0v) is 11.1. The molecule has 1 rings (SSSR count). The monoisotopic (exact) mass is 241 g/mol. The van der Waals surface area contributed by atoms with Crippen LogP contribution in [0.2, 0.25) is 0 Å². The van der Waals surface area contributed by atoms with Crippen LogP contribution in [-0.4, -0.2) is 26.5 Å². The summed E-state index contributed by atoms with van der Waals surface area (Å²) < 4.78 is 22.3. The van der Waals surface area contributed by atoms with Crippen molar-refractivity contribution in [2.45, 2.75) is 26.8 Å². The summed E-state index contributed by atoms with van der Waals surface area (Å²) in [5, 5.41) is 3.21. The van der Waals surface area contributed by atoms with E-state index in [1.165, 1.54) is 11.8 Å². The number of nitrogens with one attached hydrogen (secondary N) is 1. The smallest absolute Gasteiger partial charge is 0.149 e. The minimum absolute atomic E-state index is 0.0728. The predicted molar refractivity (Wildman–Crippen MR) is 68.7 cm³/mol. The summed E-state index contributed by atoms with van der Waals surface area (Å²) in [7, 11) is -2.93. The third-order valence-electron chi connectivity index (χ3n) is 2.34. The van der Waals surface area contributed by atoms with Crippen LogP contribution in [0.25, 0.3) is 0 Å². The molecule has 0 fully saturated rings. The van der Waals surface area contributed by atoms with Gasteiger partial charge in [0, 0.05) is 18.0 Å². The first-order valence-corrected chi connectivity index (χ1v) is 7.35. The highest BCUT2D eigenvalue weighted by atomic mass is 32.2. The van der Waals surface area contributed by atoms with Crippen LogP contribution < -0.4 is 5.32 Å². The van der Waals surface area contributed by atoms with Gasteiger partial charge in [-0.05, 0) is 32.4 Å². The predicted octanol–water partition coefficient (Wildman–Crippen LogP) is 2.15. The highest BCUT2D eigenvalue weighted by Crippen LogP contribution is 2.17. The Bertz CT molecular complexity index is 466. The van der Waals surface area contributed by atoms with E-state index in [1.54, 1.807) is 0 Å². The van der Waals surface area contributed by atoms with Crippen LogP contribution in [0.5, 0.6) is 0 Å². The Morgan fingerprint density at radius 3 is 2.44 bits per heavy atom. The second-order valence-electron chi connectivity index (χ2n) is 4.46. The van der Waals surface area contributed by atoms with Gasteiger partial charge in [-0.1, -0.05) is 17.7 Å². The minimum Gasteiger partial charge on any atom is -0.381 e. The maximum atomic E-state index is 11.1. The van der Waals surface area contributed by atoms with Crippen LogP contribution in [0.1, 0.15) is 18.1 Å². The van der Waals surface area contributed by atoms with Gasteiger partial charge >= 0.3 is 0 Å². The highest BCUT2D eigenvalue weighted by molar-refractivity contribution is 7.90. The minimum atomic E-state index is -2.93. The molecule has 0 aliphatic carbocycles. The molecule has 0 amide bonds. The molecular weight excluding hydrogens is 222 g/mol. The summed E-state index contributed by atoms with van der Waals surface area (Å²) in [6, 6.07) is 6.01. The summed E-state index contributed by atoms with van der Waals surface area (Å²) in [5.74, 6) is 0.153. The first-order chi connectivity index (χ1) is 7.28. The molecule has 16 heavy (non-hydrogen) atoms. The number of sulfone groups is 1. The van der Waals surface area contributed by atoms with Crippen molar-refractivity contribution in [2.24, 2.45) is 0 Å². The normalized spacial score (nSPS) is 13.5. The Labute approximate surface area is 97.8 Å². The van der Waals surface area contributed by atoms with Gasteiger partial charge in [0.2, 0.25) is 0 Å². The number of hydrogen-bond donors (Lipinski definition) is 1. The molecule has 0 aliphatic heterocycles. The summed E-state index contributed by atoms with van der Waals surface area (Å²) in [5.41, 5.74) is 3.35. The van der Waals surface area contributed by atoms with Crippen molar-refractivity contribution < 1.29 is 8.42 Å². The fraction of sp³-hybridized carbons (Fsp3) is 0.500. The SMILES string of the molecule is Cc1ccc(NC(C)CS(C)(=O)=O)c(C)c1. The topological polar surface area (TPSA) is 46.2 Å². The van der Waals surface area contributed by atoms with E-state index in [9.17, 15) is 8.42 Å². The Hall–Kier alpha value is -1.03. The van der Waals surface area contributed by atoms with Gasteiger partial charge < -0.3 is 5.32 Å². The Morgan fingerprint density at radius 1 is 1.31 bits per heavy atom. The first kappa shape index (κ1) is 13.0. The lowest BCUT2D eigenvalue weighted by Gasteiger charge is -2.16.